The van der Waals surface area contributed by atoms with Gasteiger partial charge in [-0.25, -0.2) is 0 Å². The van der Waals surface area contributed by atoms with Gasteiger partial charge in [0.15, 0.2) is 0 Å². The highest BCUT2D eigenvalue weighted by molar-refractivity contribution is 5.81. The van der Waals surface area contributed by atoms with Gasteiger partial charge in [-0.15, -0.1) is 0 Å². The van der Waals surface area contributed by atoms with E-state index in [1.54, 1.807) is 0 Å². The highest BCUT2D eigenvalue weighted by atomic mass is 16.1. The van der Waals surface area contributed by atoms with Crippen molar-refractivity contribution in [3.63, 3.8) is 0 Å². The fraction of sp³-hybridized carbons (Fsp3) is 0.889. The third-order valence-corrected chi connectivity index (χ3v) is 3.32. The molecule has 1 aliphatic carbocycles. The summed E-state index contributed by atoms with van der Waals surface area (Å²) in [6.07, 6.45) is 4.23. The molecule has 0 radical (unpaired) electrons. The van der Waals surface area contributed by atoms with Crippen LogP contribution in [0.3, 0.4) is 0 Å². The van der Waals surface area contributed by atoms with Gasteiger partial charge in [-0.2, -0.15) is 0 Å². The van der Waals surface area contributed by atoms with Crippen molar-refractivity contribution in [2.75, 3.05) is 0 Å². The average molecular weight is 155 g/mol. The zero-order chi connectivity index (χ0) is 8.48. The summed E-state index contributed by atoms with van der Waals surface area (Å²) in [5, 5.41) is 0. The molecule has 64 valence electrons. The highest BCUT2D eigenvalue weighted by Gasteiger charge is 2.43. The average Bonchev–Trinajstić information content (AvgIpc) is 2.32. The molecule has 0 aromatic heterocycles. The molecule has 0 aliphatic heterocycles. The summed E-state index contributed by atoms with van der Waals surface area (Å²) in [4.78, 5) is 11.2. The molecule has 0 aromatic rings. The van der Waals surface area contributed by atoms with Crippen LogP contribution in [0.15, 0.2) is 0 Å². The largest absolute Gasteiger partial charge is 0.369 e. The molecule has 0 spiro atoms. The second-order valence-electron chi connectivity index (χ2n) is 3.67. The van der Waals surface area contributed by atoms with Crippen molar-refractivity contribution in [3.05, 3.63) is 0 Å². The van der Waals surface area contributed by atoms with Crippen LogP contribution in [0, 0.1) is 11.3 Å². The summed E-state index contributed by atoms with van der Waals surface area (Å²) >= 11 is 0. The van der Waals surface area contributed by atoms with Gasteiger partial charge in [0.05, 0.1) is 5.41 Å². The Morgan fingerprint density at radius 1 is 1.73 bits per heavy atom. The first kappa shape index (κ1) is 8.57. The minimum atomic E-state index is -0.167. The standard InChI is InChI=1S/C9H17NO/c1-3-9(8(10)11)6-4-5-7(9)2/h7H,3-6H2,1-2H3,(H2,10,11). The quantitative estimate of drug-likeness (QED) is 0.648. The van der Waals surface area contributed by atoms with Gasteiger partial charge in [0.25, 0.3) is 0 Å². The minimum Gasteiger partial charge on any atom is -0.369 e. The maximum absolute atomic E-state index is 11.2. The number of carbonyl (C=O) groups is 1. The van der Waals surface area contributed by atoms with E-state index in [1.807, 2.05) is 0 Å². The van der Waals surface area contributed by atoms with Crippen molar-refractivity contribution in [1.82, 2.24) is 0 Å². The summed E-state index contributed by atoms with van der Waals surface area (Å²) < 4.78 is 0. The minimum absolute atomic E-state index is 0.0926. The van der Waals surface area contributed by atoms with Gasteiger partial charge < -0.3 is 5.73 Å². The number of carbonyl (C=O) groups excluding carboxylic acids is 1. The van der Waals surface area contributed by atoms with Crippen LogP contribution in [-0.4, -0.2) is 5.91 Å². The van der Waals surface area contributed by atoms with E-state index in [4.69, 9.17) is 5.73 Å². The van der Waals surface area contributed by atoms with E-state index in [0.29, 0.717) is 5.92 Å². The molecular formula is C9H17NO. The summed E-state index contributed by atoms with van der Waals surface area (Å²) in [6, 6.07) is 0. The van der Waals surface area contributed by atoms with Gasteiger partial charge in [0.1, 0.15) is 0 Å². The molecule has 2 atom stereocenters. The zero-order valence-corrected chi connectivity index (χ0v) is 7.39. The Labute approximate surface area is 68.2 Å². The lowest BCUT2D eigenvalue weighted by Crippen LogP contribution is -2.38. The molecule has 2 unspecified atom stereocenters. The molecule has 1 saturated carbocycles. The van der Waals surface area contributed by atoms with Crippen LogP contribution in [0.25, 0.3) is 0 Å². The Hall–Kier alpha value is -0.530. The van der Waals surface area contributed by atoms with E-state index in [-0.39, 0.29) is 11.3 Å². The van der Waals surface area contributed by atoms with Crippen LogP contribution in [0.1, 0.15) is 39.5 Å². The second-order valence-corrected chi connectivity index (χ2v) is 3.67. The van der Waals surface area contributed by atoms with Gasteiger partial charge in [0.2, 0.25) is 5.91 Å². The van der Waals surface area contributed by atoms with E-state index in [9.17, 15) is 4.79 Å². The molecule has 2 N–H and O–H groups in total. The second kappa shape index (κ2) is 2.84. The first-order valence-corrected chi connectivity index (χ1v) is 4.43. The molecule has 0 bridgehead atoms. The van der Waals surface area contributed by atoms with Crippen LogP contribution < -0.4 is 5.73 Å². The van der Waals surface area contributed by atoms with Crippen molar-refractivity contribution in [3.8, 4) is 0 Å². The molecule has 1 rings (SSSR count). The number of rotatable bonds is 2. The molecule has 2 nitrogen and oxygen atoms in total. The first-order chi connectivity index (χ1) is 5.13. The molecule has 0 heterocycles. The van der Waals surface area contributed by atoms with Crippen molar-refractivity contribution in [2.45, 2.75) is 39.5 Å². The molecule has 11 heavy (non-hydrogen) atoms. The number of amides is 1. The zero-order valence-electron chi connectivity index (χ0n) is 7.39. The highest BCUT2D eigenvalue weighted by Crippen LogP contribution is 2.45. The maximum Gasteiger partial charge on any atom is 0.223 e. The molecule has 1 fully saturated rings. The summed E-state index contributed by atoms with van der Waals surface area (Å²) in [6.45, 7) is 4.20. The van der Waals surface area contributed by atoms with Crippen molar-refractivity contribution in [1.29, 1.82) is 0 Å². The smallest absolute Gasteiger partial charge is 0.223 e. The molecule has 1 aliphatic rings. The van der Waals surface area contributed by atoms with Gasteiger partial charge >= 0.3 is 0 Å². The van der Waals surface area contributed by atoms with Crippen LogP contribution >= 0.6 is 0 Å². The van der Waals surface area contributed by atoms with Crippen LogP contribution in [0.4, 0.5) is 0 Å². The summed E-state index contributed by atoms with van der Waals surface area (Å²) in [5.41, 5.74) is 5.23. The maximum atomic E-state index is 11.2. The molecule has 1 amide bonds. The Morgan fingerprint density at radius 3 is 2.55 bits per heavy atom. The molecule has 0 aromatic carbocycles. The van der Waals surface area contributed by atoms with Crippen molar-refractivity contribution >= 4 is 5.91 Å². The SMILES string of the molecule is CCC1(C(N)=O)CCCC1C. The fourth-order valence-electron chi connectivity index (χ4n) is 2.31. The van der Waals surface area contributed by atoms with E-state index in [1.165, 1.54) is 0 Å². The lowest BCUT2D eigenvalue weighted by atomic mass is 9.76. The van der Waals surface area contributed by atoms with E-state index >= 15 is 0 Å². The van der Waals surface area contributed by atoms with Gasteiger partial charge in [-0.1, -0.05) is 20.3 Å². The van der Waals surface area contributed by atoms with E-state index < -0.39 is 0 Å². The molecule has 0 saturated heterocycles. The number of hydrogen-bond donors (Lipinski definition) is 1. The first-order valence-electron chi connectivity index (χ1n) is 4.43. The third-order valence-electron chi connectivity index (χ3n) is 3.32. The number of primary amides is 1. The number of nitrogens with two attached hydrogens (primary N) is 1. The lowest BCUT2D eigenvalue weighted by Gasteiger charge is -2.28. The number of hydrogen-bond acceptors (Lipinski definition) is 1. The van der Waals surface area contributed by atoms with Gasteiger partial charge in [0, 0.05) is 0 Å². The van der Waals surface area contributed by atoms with Crippen LogP contribution in [-0.2, 0) is 4.79 Å². The Morgan fingerprint density at radius 2 is 2.36 bits per heavy atom. The fourth-order valence-corrected chi connectivity index (χ4v) is 2.31. The topological polar surface area (TPSA) is 43.1 Å². The Balaban J connectivity index is 2.82. The monoisotopic (exact) mass is 155 g/mol. The Bertz CT molecular complexity index is 167. The van der Waals surface area contributed by atoms with Crippen LogP contribution in [0.2, 0.25) is 0 Å². The van der Waals surface area contributed by atoms with E-state index in [0.717, 1.165) is 25.7 Å². The predicted octanol–water partition coefficient (Wildman–Crippen LogP) is 1.69. The Kier molecular flexibility index (Phi) is 2.21. The summed E-state index contributed by atoms with van der Waals surface area (Å²) in [7, 11) is 0. The van der Waals surface area contributed by atoms with Gasteiger partial charge in [-0.05, 0) is 25.2 Å². The van der Waals surface area contributed by atoms with Gasteiger partial charge in [-0.3, -0.25) is 4.79 Å². The third kappa shape index (κ3) is 1.15. The molecular weight excluding hydrogens is 138 g/mol. The van der Waals surface area contributed by atoms with Crippen molar-refractivity contribution < 1.29 is 4.79 Å². The summed E-state index contributed by atoms with van der Waals surface area (Å²) in [5.74, 6) is 0.398. The molecule has 2 heteroatoms. The predicted molar refractivity (Wildman–Crippen MR) is 44.9 cm³/mol. The lowest BCUT2D eigenvalue weighted by molar-refractivity contribution is -0.129. The van der Waals surface area contributed by atoms with Crippen molar-refractivity contribution in [2.24, 2.45) is 17.1 Å². The normalized spacial score (nSPS) is 37.5. The van der Waals surface area contributed by atoms with Crippen LogP contribution in [0.5, 0.6) is 0 Å². The van der Waals surface area contributed by atoms with E-state index in [2.05, 4.69) is 13.8 Å².